The van der Waals surface area contributed by atoms with Crippen molar-refractivity contribution in [3.63, 3.8) is 0 Å². The minimum atomic E-state index is 0.269. The molecule has 0 saturated heterocycles. The molecule has 2 heteroatoms. The molecule has 0 atom stereocenters. The van der Waals surface area contributed by atoms with E-state index in [4.69, 9.17) is 0 Å². The lowest BCUT2D eigenvalue weighted by molar-refractivity contribution is -0.684. The summed E-state index contributed by atoms with van der Waals surface area (Å²) >= 11 is 0. The molecule has 0 aliphatic rings. The van der Waals surface area contributed by atoms with Gasteiger partial charge in [0.2, 0.25) is 6.54 Å². The Balaban J connectivity index is 1.83. The number of aryl methyl sites for hydroxylation is 1. The molecule has 2 rings (SSSR count). The molecule has 0 amide bonds. The fraction of sp³-hybridized carbons (Fsp3) is 0.200. The normalized spacial score (nSPS) is 10.1. The molecular formula is C15H16NO+. The van der Waals surface area contributed by atoms with Crippen molar-refractivity contribution in [1.82, 2.24) is 0 Å². The molecule has 17 heavy (non-hydrogen) atoms. The lowest BCUT2D eigenvalue weighted by Crippen LogP contribution is -2.36. The van der Waals surface area contributed by atoms with Crippen molar-refractivity contribution in [1.29, 1.82) is 0 Å². The fourth-order valence-corrected chi connectivity index (χ4v) is 1.75. The predicted octanol–water partition coefficient (Wildman–Crippen LogP) is 2.18. The summed E-state index contributed by atoms with van der Waals surface area (Å²) in [7, 11) is 0. The van der Waals surface area contributed by atoms with Crippen molar-refractivity contribution in [3.05, 3.63) is 66.5 Å². The molecule has 0 bridgehead atoms. The molecule has 86 valence electrons. The first-order chi connectivity index (χ1) is 8.34. The Hall–Kier alpha value is -1.96. The van der Waals surface area contributed by atoms with Gasteiger partial charge in [0.15, 0.2) is 18.2 Å². The third-order valence-electron chi connectivity index (χ3n) is 2.67. The summed E-state index contributed by atoms with van der Waals surface area (Å²) in [4.78, 5) is 11.8. The molecule has 0 unspecified atom stereocenters. The van der Waals surface area contributed by atoms with Gasteiger partial charge in [-0.2, -0.15) is 4.57 Å². The summed E-state index contributed by atoms with van der Waals surface area (Å²) in [5.74, 6) is 0.269. The molecule has 0 aliphatic heterocycles. The molecule has 0 fully saturated rings. The average Bonchev–Trinajstić information content (AvgIpc) is 2.39. The van der Waals surface area contributed by atoms with Gasteiger partial charge in [0.1, 0.15) is 0 Å². The van der Waals surface area contributed by atoms with Gasteiger partial charge in [-0.05, 0) is 12.0 Å². The first kappa shape index (κ1) is 11.5. The molecule has 0 N–H and O–H groups in total. The minimum Gasteiger partial charge on any atom is -0.293 e. The highest BCUT2D eigenvalue weighted by atomic mass is 16.1. The molecule has 1 heterocycles. The van der Waals surface area contributed by atoms with Gasteiger partial charge in [-0.3, -0.25) is 4.79 Å². The van der Waals surface area contributed by atoms with Crippen LogP contribution in [0.3, 0.4) is 0 Å². The Kier molecular flexibility index (Phi) is 4.03. The van der Waals surface area contributed by atoms with E-state index >= 15 is 0 Å². The van der Waals surface area contributed by atoms with E-state index in [1.165, 1.54) is 5.56 Å². The zero-order valence-electron chi connectivity index (χ0n) is 9.75. The zero-order chi connectivity index (χ0) is 11.9. The fourth-order valence-electron chi connectivity index (χ4n) is 1.75. The molecule has 1 aromatic carbocycles. The summed E-state index contributed by atoms with van der Waals surface area (Å²) in [6, 6.07) is 15.9. The maximum Gasteiger partial charge on any atom is 0.206 e. The van der Waals surface area contributed by atoms with Crippen molar-refractivity contribution in [2.75, 3.05) is 0 Å². The van der Waals surface area contributed by atoms with E-state index in [1.807, 2.05) is 53.4 Å². The van der Waals surface area contributed by atoms with Crippen LogP contribution in [0, 0.1) is 0 Å². The SMILES string of the molecule is O=C(CCc1ccccc1)C[n+]1ccccc1. The quantitative estimate of drug-likeness (QED) is 0.716. The van der Waals surface area contributed by atoms with Crippen molar-refractivity contribution in [2.45, 2.75) is 19.4 Å². The summed E-state index contributed by atoms with van der Waals surface area (Å²) in [5.41, 5.74) is 1.22. The number of carbonyl (C=O) groups is 1. The Morgan fingerprint density at radius 2 is 1.59 bits per heavy atom. The topological polar surface area (TPSA) is 20.9 Å². The number of nitrogens with zero attached hydrogens (tertiary/aromatic N) is 1. The van der Waals surface area contributed by atoms with Crippen LogP contribution in [0.25, 0.3) is 0 Å². The second kappa shape index (κ2) is 5.94. The van der Waals surface area contributed by atoms with Crippen molar-refractivity contribution in [2.24, 2.45) is 0 Å². The van der Waals surface area contributed by atoms with Gasteiger partial charge >= 0.3 is 0 Å². The van der Waals surface area contributed by atoms with E-state index in [0.717, 1.165) is 6.42 Å². The molecule has 1 aromatic heterocycles. The van der Waals surface area contributed by atoms with E-state index in [0.29, 0.717) is 13.0 Å². The van der Waals surface area contributed by atoms with Crippen LogP contribution in [0.4, 0.5) is 0 Å². The van der Waals surface area contributed by atoms with Gasteiger partial charge in [0, 0.05) is 18.6 Å². The second-order valence-corrected chi connectivity index (χ2v) is 4.07. The van der Waals surface area contributed by atoms with Crippen molar-refractivity contribution >= 4 is 5.78 Å². The van der Waals surface area contributed by atoms with Crippen LogP contribution in [0.1, 0.15) is 12.0 Å². The number of hydrogen-bond donors (Lipinski definition) is 0. The zero-order valence-corrected chi connectivity index (χ0v) is 9.75. The molecule has 2 nitrogen and oxygen atoms in total. The number of pyridine rings is 1. The maximum absolute atomic E-state index is 11.8. The van der Waals surface area contributed by atoms with Crippen LogP contribution in [-0.2, 0) is 17.8 Å². The van der Waals surface area contributed by atoms with Crippen LogP contribution < -0.4 is 4.57 Å². The average molecular weight is 226 g/mol. The highest BCUT2D eigenvalue weighted by Crippen LogP contribution is 2.02. The minimum absolute atomic E-state index is 0.269. The molecule has 0 aliphatic carbocycles. The van der Waals surface area contributed by atoms with Gasteiger partial charge in [-0.25, -0.2) is 0 Å². The van der Waals surface area contributed by atoms with Gasteiger partial charge in [-0.15, -0.1) is 0 Å². The smallest absolute Gasteiger partial charge is 0.206 e. The van der Waals surface area contributed by atoms with Crippen LogP contribution in [0.2, 0.25) is 0 Å². The molecule has 0 saturated carbocycles. The van der Waals surface area contributed by atoms with Crippen LogP contribution in [0.15, 0.2) is 60.9 Å². The third kappa shape index (κ3) is 3.83. The number of aromatic nitrogens is 1. The Morgan fingerprint density at radius 3 is 2.29 bits per heavy atom. The van der Waals surface area contributed by atoms with Crippen molar-refractivity contribution in [3.8, 4) is 0 Å². The van der Waals surface area contributed by atoms with E-state index in [2.05, 4.69) is 12.1 Å². The third-order valence-corrected chi connectivity index (χ3v) is 2.67. The second-order valence-electron chi connectivity index (χ2n) is 4.07. The van der Waals surface area contributed by atoms with Crippen molar-refractivity contribution < 1.29 is 9.36 Å². The predicted molar refractivity (Wildman–Crippen MR) is 66.4 cm³/mol. The monoisotopic (exact) mass is 226 g/mol. The maximum atomic E-state index is 11.8. The van der Waals surface area contributed by atoms with Gasteiger partial charge < -0.3 is 0 Å². The van der Waals surface area contributed by atoms with Gasteiger partial charge in [-0.1, -0.05) is 36.4 Å². The standard InChI is InChI=1S/C15H16NO/c17-15(13-16-11-5-2-6-12-16)10-9-14-7-3-1-4-8-14/h1-8,11-12H,9-10,13H2/q+1. The van der Waals surface area contributed by atoms with Crippen LogP contribution >= 0.6 is 0 Å². The molecular weight excluding hydrogens is 210 g/mol. The number of Topliss-reactive ketones (excluding diaryl/α,β-unsaturated/α-hetero) is 1. The number of ketones is 1. The molecule has 2 aromatic rings. The molecule has 0 spiro atoms. The lowest BCUT2D eigenvalue weighted by Gasteiger charge is -1.99. The Labute approximate surface area is 102 Å². The number of hydrogen-bond acceptors (Lipinski definition) is 1. The van der Waals surface area contributed by atoms with E-state index in [-0.39, 0.29) is 5.78 Å². The number of rotatable bonds is 5. The summed E-state index contributed by atoms with van der Waals surface area (Å²) in [5, 5.41) is 0. The van der Waals surface area contributed by atoms with E-state index in [1.54, 1.807) is 0 Å². The molecule has 0 radical (unpaired) electrons. The largest absolute Gasteiger partial charge is 0.293 e. The first-order valence-electron chi connectivity index (χ1n) is 5.84. The first-order valence-corrected chi connectivity index (χ1v) is 5.84. The van der Waals surface area contributed by atoms with Crippen LogP contribution in [0.5, 0.6) is 0 Å². The lowest BCUT2D eigenvalue weighted by atomic mass is 10.1. The highest BCUT2D eigenvalue weighted by Gasteiger charge is 2.08. The van der Waals surface area contributed by atoms with Gasteiger partial charge in [0.25, 0.3) is 0 Å². The summed E-state index contributed by atoms with van der Waals surface area (Å²) < 4.78 is 1.91. The summed E-state index contributed by atoms with van der Waals surface area (Å²) in [6.07, 6.45) is 5.26. The van der Waals surface area contributed by atoms with E-state index < -0.39 is 0 Å². The Morgan fingerprint density at radius 1 is 0.941 bits per heavy atom. The summed E-state index contributed by atoms with van der Waals surface area (Å²) in [6.45, 7) is 0.466. The highest BCUT2D eigenvalue weighted by molar-refractivity contribution is 5.77. The number of carbonyl (C=O) groups excluding carboxylic acids is 1. The number of benzene rings is 1. The van der Waals surface area contributed by atoms with E-state index in [9.17, 15) is 4.79 Å². The Bertz CT molecular complexity index is 465. The van der Waals surface area contributed by atoms with Crippen LogP contribution in [-0.4, -0.2) is 5.78 Å². The van der Waals surface area contributed by atoms with Gasteiger partial charge in [0.05, 0.1) is 0 Å².